The molecular weight excluding hydrogens is 317 g/mol. The predicted molar refractivity (Wildman–Crippen MR) is 92.8 cm³/mol. The molecule has 22 heavy (non-hydrogen) atoms. The molecule has 1 aliphatic rings. The number of halogens is 2. The van der Waals surface area contributed by atoms with Gasteiger partial charge in [-0.25, -0.2) is 0 Å². The first-order chi connectivity index (χ1) is 10.7. The minimum Gasteiger partial charge on any atom is -0.461 e. The number of rotatable bonds is 5. The van der Waals surface area contributed by atoms with Crippen molar-refractivity contribution in [3.05, 3.63) is 46.1 Å². The van der Waals surface area contributed by atoms with Crippen LogP contribution >= 0.6 is 23.2 Å². The van der Waals surface area contributed by atoms with Gasteiger partial charge in [-0.05, 0) is 69.2 Å². The summed E-state index contributed by atoms with van der Waals surface area (Å²) in [6, 6.07) is 9.66. The fourth-order valence-corrected chi connectivity index (χ4v) is 3.27. The average molecular weight is 338 g/mol. The molecule has 1 aromatic carbocycles. The van der Waals surface area contributed by atoms with E-state index in [-0.39, 0.29) is 0 Å². The van der Waals surface area contributed by atoms with E-state index in [1.54, 1.807) is 6.07 Å². The van der Waals surface area contributed by atoms with Crippen molar-refractivity contribution in [1.29, 1.82) is 0 Å². The standard InChI is InChI=1S/C18H21Cl2NO/c19-16-8-6-14(13-17(16)20)18-9-7-15(22-18)5-4-12-21-10-2-1-3-11-21/h6-9,13H,1-5,10-12H2. The molecule has 0 unspecified atom stereocenters. The molecule has 0 radical (unpaired) electrons. The maximum absolute atomic E-state index is 6.06. The molecule has 0 N–H and O–H groups in total. The molecule has 0 spiro atoms. The lowest BCUT2D eigenvalue weighted by molar-refractivity contribution is 0.225. The number of benzene rings is 1. The number of aryl methyl sites for hydroxylation is 1. The fraction of sp³-hybridized carbons (Fsp3) is 0.444. The minimum absolute atomic E-state index is 0.558. The predicted octanol–water partition coefficient (Wildman–Crippen LogP) is 5.67. The van der Waals surface area contributed by atoms with E-state index in [4.69, 9.17) is 27.6 Å². The highest BCUT2D eigenvalue weighted by atomic mass is 35.5. The largest absolute Gasteiger partial charge is 0.461 e. The maximum atomic E-state index is 6.06. The Morgan fingerprint density at radius 1 is 0.955 bits per heavy atom. The van der Waals surface area contributed by atoms with Gasteiger partial charge in [0.2, 0.25) is 0 Å². The third kappa shape index (κ3) is 4.07. The first-order valence-electron chi connectivity index (χ1n) is 7.99. The summed E-state index contributed by atoms with van der Waals surface area (Å²) in [5, 5.41) is 1.13. The number of likely N-dealkylation sites (tertiary alicyclic amines) is 1. The van der Waals surface area contributed by atoms with Gasteiger partial charge in [0, 0.05) is 12.0 Å². The van der Waals surface area contributed by atoms with Gasteiger partial charge in [0.15, 0.2) is 0 Å². The van der Waals surface area contributed by atoms with E-state index in [1.807, 2.05) is 18.2 Å². The van der Waals surface area contributed by atoms with Crippen LogP contribution in [0.4, 0.5) is 0 Å². The second kappa shape index (κ2) is 7.54. The van der Waals surface area contributed by atoms with Crippen molar-refractivity contribution < 1.29 is 4.42 Å². The SMILES string of the molecule is Clc1ccc(-c2ccc(CCCN3CCCCC3)o2)cc1Cl. The third-order valence-corrected chi connectivity index (χ3v) is 4.95. The summed E-state index contributed by atoms with van der Waals surface area (Å²) in [5.74, 6) is 1.89. The Morgan fingerprint density at radius 2 is 1.77 bits per heavy atom. The number of hydrogen-bond acceptors (Lipinski definition) is 2. The van der Waals surface area contributed by atoms with E-state index in [0.717, 1.165) is 29.9 Å². The molecule has 2 heterocycles. The van der Waals surface area contributed by atoms with Gasteiger partial charge in [-0.2, -0.15) is 0 Å². The summed E-state index contributed by atoms with van der Waals surface area (Å²) < 4.78 is 5.93. The molecule has 0 aliphatic carbocycles. The highest BCUT2D eigenvalue weighted by Gasteiger charge is 2.11. The normalized spacial score (nSPS) is 16.1. The summed E-state index contributed by atoms with van der Waals surface area (Å²) in [4.78, 5) is 2.56. The highest BCUT2D eigenvalue weighted by Crippen LogP contribution is 2.29. The van der Waals surface area contributed by atoms with E-state index < -0.39 is 0 Å². The van der Waals surface area contributed by atoms with Crippen LogP contribution in [-0.4, -0.2) is 24.5 Å². The summed E-state index contributed by atoms with van der Waals surface area (Å²) in [6.45, 7) is 3.68. The molecule has 0 atom stereocenters. The van der Waals surface area contributed by atoms with Crippen LogP contribution in [0.5, 0.6) is 0 Å². The van der Waals surface area contributed by atoms with Gasteiger partial charge in [0.1, 0.15) is 11.5 Å². The lowest BCUT2D eigenvalue weighted by Crippen LogP contribution is -2.30. The molecule has 1 saturated heterocycles. The van der Waals surface area contributed by atoms with Crippen molar-refractivity contribution in [2.75, 3.05) is 19.6 Å². The number of nitrogens with zero attached hydrogens (tertiary/aromatic N) is 1. The van der Waals surface area contributed by atoms with Gasteiger partial charge in [-0.3, -0.25) is 0 Å². The van der Waals surface area contributed by atoms with Crippen LogP contribution in [0.15, 0.2) is 34.7 Å². The second-order valence-corrected chi connectivity index (χ2v) is 6.72. The van der Waals surface area contributed by atoms with Crippen LogP contribution in [0, 0.1) is 0 Å². The quantitative estimate of drug-likeness (QED) is 0.698. The van der Waals surface area contributed by atoms with Gasteiger partial charge in [-0.1, -0.05) is 29.6 Å². The Hall–Kier alpha value is -0.960. The smallest absolute Gasteiger partial charge is 0.134 e. The Labute approximate surface area is 142 Å². The summed E-state index contributed by atoms with van der Waals surface area (Å²) in [6.07, 6.45) is 6.22. The van der Waals surface area contributed by atoms with Crippen molar-refractivity contribution in [2.24, 2.45) is 0 Å². The highest BCUT2D eigenvalue weighted by molar-refractivity contribution is 6.42. The summed E-state index contributed by atoms with van der Waals surface area (Å²) >= 11 is 12.0. The molecule has 1 aromatic heterocycles. The van der Waals surface area contributed by atoms with Crippen molar-refractivity contribution in [3.8, 4) is 11.3 Å². The number of furan rings is 1. The monoisotopic (exact) mass is 337 g/mol. The zero-order valence-corrected chi connectivity index (χ0v) is 14.2. The Bertz CT molecular complexity index is 617. The van der Waals surface area contributed by atoms with Crippen molar-refractivity contribution in [3.63, 3.8) is 0 Å². The van der Waals surface area contributed by atoms with Crippen molar-refractivity contribution in [2.45, 2.75) is 32.1 Å². The van der Waals surface area contributed by atoms with Crippen LogP contribution in [0.25, 0.3) is 11.3 Å². The summed E-state index contributed by atoms with van der Waals surface area (Å²) in [7, 11) is 0. The van der Waals surface area contributed by atoms with Gasteiger partial charge in [-0.15, -0.1) is 0 Å². The zero-order valence-electron chi connectivity index (χ0n) is 12.7. The first kappa shape index (κ1) is 15.9. The number of piperidine rings is 1. The molecule has 1 fully saturated rings. The lowest BCUT2D eigenvalue weighted by Gasteiger charge is -2.26. The molecular formula is C18H21Cl2NO. The topological polar surface area (TPSA) is 16.4 Å². The van der Waals surface area contributed by atoms with E-state index in [1.165, 1.54) is 38.9 Å². The molecule has 1 aliphatic heterocycles. The Balaban J connectivity index is 1.55. The van der Waals surface area contributed by atoms with Crippen LogP contribution in [0.2, 0.25) is 10.0 Å². The Kier molecular flexibility index (Phi) is 5.46. The van der Waals surface area contributed by atoms with Gasteiger partial charge >= 0.3 is 0 Å². The van der Waals surface area contributed by atoms with E-state index in [2.05, 4.69) is 11.0 Å². The molecule has 0 saturated carbocycles. The van der Waals surface area contributed by atoms with Crippen LogP contribution in [0.1, 0.15) is 31.4 Å². The average Bonchev–Trinajstić information content (AvgIpc) is 3.00. The molecule has 2 nitrogen and oxygen atoms in total. The number of hydrogen-bond donors (Lipinski definition) is 0. The molecule has 118 valence electrons. The lowest BCUT2D eigenvalue weighted by atomic mass is 10.1. The van der Waals surface area contributed by atoms with E-state index >= 15 is 0 Å². The third-order valence-electron chi connectivity index (χ3n) is 4.21. The molecule has 3 rings (SSSR count). The second-order valence-electron chi connectivity index (χ2n) is 5.90. The maximum Gasteiger partial charge on any atom is 0.134 e. The molecule has 0 amide bonds. The molecule has 2 aromatic rings. The van der Waals surface area contributed by atoms with Gasteiger partial charge in [0.25, 0.3) is 0 Å². The van der Waals surface area contributed by atoms with Crippen molar-refractivity contribution in [1.82, 2.24) is 4.90 Å². The minimum atomic E-state index is 0.558. The Morgan fingerprint density at radius 3 is 2.55 bits per heavy atom. The van der Waals surface area contributed by atoms with Gasteiger partial charge < -0.3 is 9.32 Å². The van der Waals surface area contributed by atoms with Crippen LogP contribution in [0.3, 0.4) is 0 Å². The van der Waals surface area contributed by atoms with Crippen LogP contribution in [-0.2, 0) is 6.42 Å². The summed E-state index contributed by atoms with van der Waals surface area (Å²) in [5.41, 5.74) is 0.969. The molecule has 4 heteroatoms. The molecule has 0 bridgehead atoms. The van der Waals surface area contributed by atoms with E-state index in [0.29, 0.717) is 10.0 Å². The van der Waals surface area contributed by atoms with Crippen LogP contribution < -0.4 is 0 Å². The van der Waals surface area contributed by atoms with Gasteiger partial charge in [0.05, 0.1) is 10.0 Å². The van der Waals surface area contributed by atoms with E-state index in [9.17, 15) is 0 Å². The zero-order chi connectivity index (χ0) is 15.4. The first-order valence-corrected chi connectivity index (χ1v) is 8.74. The van der Waals surface area contributed by atoms with Crippen molar-refractivity contribution >= 4 is 23.2 Å². The fourth-order valence-electron chi connectivity index (χ4n) is 2.98.